The Morgan fingerprint density at radius 1 is 1.44 bits per heavy atom. The predicted molar refractivity (Wildman–Crippen MR) is 58.8 cm³/mol. The number of hydrogen-bond donors (Lipinski definition) is 5. The molecular weight excluding hydrogens is 236 g/mol. The van der Waals surface area contributed by atoms with Gasteiger partial charge in [0.25, 0.3) is 0 Å². The van der Waals surface area contributed by atoms with Crippen LogP contribution >= 0.6 is 0 Å². The van der Waals surface area contributed by atoms with Crippen molar-refractivity contribution < 1.29 is 22.6 Å². The van der Waals surface area contributed by atoms with E-state index in [-0.39, 0.29) is 12.1 Å². The first-order chi connectivity index (χ1) is 7.16. The maximum atomic E-state index is 8.74. The van der Waals surface area contributed by atoms with Crippen LogP contribution < -0.4 is 11.5 Å². The molecule has 0 saturated carbocycles. The zero-order valence-electron chi connectivity index (χ0n) is 8.57. The summed E-state index contributed by atoms with van der Waals surface area (Å²) in [4.78, 5) is 0. The van der Waals surface area contributed by atoms with Gasteiger partial charge in [-0.05, 0) is 18.9 Å². The van der Waals surface area contributed by atoms with E-state index in [0.717, 1.165) is 12.1 Å². The molecule has 7 nitrogen and oxygen atoms in total. The molecule has 0 aromatic heterocycles. The Bertz CT molecular complexity index is 368. The summed E-state index contributed by atoms with van der Waals surface area (Å²) in [5.74, 6) is 0. The van der Waals surface area contributed by atoms with Crippen LogP contribution in [0, 0.1) is 0 Å². The van der Waals surface area contributed by atoms with Gasteiger partial charge in [-0.1, -0.05) is 12.2 Å². The molecule has 0 aliphatic heterocycles. The van der Waals surface area contributed by atoms with Gasteiger partial charge in [-0.15, -0.1) is 0 Å². The second-order valence-corrected chi connectivity index (χ2v) is 4.29. The van der Waals surface area contributed by atoms with E-state index in [9.17, 15) is 0 Å². The standard InChI is InChI=1S/C8H14N2O.H2O4S/c9-7-1-3-8(10,4-2-7)5-6-11;1-5(2,3)4/h1-3,11H,4-6,9-10H2;(H2,1,2,3,4). The maximum absolute atomic E-state index is 8.74. The van der Waals surface area contributed by atoms with E-state index < -0.39 is 10.4 Å². The Morgan fingerprint density at radius 2 is 1.94 bits per heavy atom. The average Bonchev–Trinajstić information content (AvgIpc) is 2.08. The molecule has 1 aliphatic rings. The summed E-state index contributed by atoms with van der Waals surface area (Å²) in [5, 5.41) is 8.68. The molecule has 7 N–H and O–H groups in total. The zero-order valence-corrected chi connectivity index (χ0v) is 9.39. The van der Waals surface area contributed by atoms with E-state index in [2.05, 4.69) is 0 Å². The van der Waals surface area contributed by atoms with Gasteiger partial charge in [-0.3, -0.25) is 9.11 Å². The molecule has 0 bridgehead atoms. The number of hydrogen-bond acceptors (Lipinski definition) is 5. The highest BCUT2D eigenvalue weighted by atomic mass is 32.3. The lowest BCUT2D eigenvalue weighted by atomic mass is 9.89. The smallest absolute Gasteiger partial charge is 0.394 e. The Hall–Kier alpha value is -0.930. The van der Waals surface area contributed by atoms with Crippen LogP contribution in [0.25, 0.3) is 0 Å². The van der Waals surface area contributed by atoms with E-state index in [1.165, 1.54) is 0 Å². The van der Waals surface area contributed by atoms with E-state index in [4.69, 9.17) is 34.1 Å². The van der Waals surface area contributed by atoms with Crippen molar-refractivity contribution in [2.75, 3.05) is 6.61 Å². The molecule has 0 aromatic carbocycles. The molecule has 16 heavy (non-hydrogen) atoms. The molecule has 8 heteroatoms. The highest BCUT2D eigenvalue weighted by Crippen LogP contribution is 2.19. The molecule has 0 heterocycles. The molecule has 0 fully saturated rings. The van der Waals surface area contributed by atoms with Crippen molar-refractivity contribution in [3.63, 3.8) is 0 Å². The van der Waals surface area contributed by atoms with Crippen molar-refractivity contribution in [1.82, 2.24) is 0 Å². The van der Waals surface area contributed by atoms with Crippen LogP contribution in [0.2, 0.25) is 0 Å². The monoisotopic (exact) mass is 252 g/mol. The highest BCUT2D eigenvalue weighted by Gasteiger charge is 2.21. The third kappa shape index (κ3) is 8.38. The molecule has 1 atom stereocenters. The van der Waals surface area contributed by atoms with Gasteiger partial charge in [-0.2, -0.15) is 8.42 Å². The van der Waals surface area contributed by atoms with Crippen LogP contribution in [0.15, 0.2) is 23.9 Å². The largest absolute Gasteiger partial charge is 0.399 e. The fourth-order valence-corrected chi connectivity index (χ4v) is 1.10. The van der Waals surface area contributed by atoms with Crippen LogP contribution in [-0.2, 0) is 10.4 Å². The summed E-state index contributed by atoms with van der Waals surface area (Å²) < 4.78 is 31.6. The molecule has 1 unspecified atom stereocenters. The molecule has 94 valence electrons. The van der Waals surface area contributed by atoms with E-state index in [1.807, 2.05) is 12.2 Å². The number of aliphatic hydroxyl groups is 1. The van der Waals surface area contributed by atoms with Gasteiger partial charge in [0, 0.05) is 17.8 Å². The summed E-state index contributed by atoms with van der Waals surface area (Å²) in [5.41, 5.74) is 11.8. The van der Waals surface area contributed by atoms with Gasteiger partial charge < -0.3 is 16.6 Å². The molecular formula is C8H16N2O5S. The molecule has 0 spiro atoms. The number of nitrogens with two attached hydrogens (primary N) is 2. The summed E-state index contributed by atoms with van der Waals surface area (Å²) >= 11 is 0. The van der Waals surface area contributed by atoms with E-state index in [0.29, 0.717) is 6.42 Å². The topological polar surface area (TPSA) is 147 Å². The number of rotatable bonds is 2. The third-order valence-corrected chi connectivity index (χ3v) is 1.90. The Labute approximate surface area is 94.0 Å². The Balaban J connectivity index is 0.000000385. The van der Waals surface area contributed by atoms with Gasteiger partial charge in [0.2, 0.25) is 0 Å². The molecule has 0 radical (unpaired) electrons. The van der Waals surface area contributed by atoms with Gasteiger partial charge in [0.15, 0.2) is 0 Å². The summed E-state index contributed by atoms with van der Waals surface area (Å²) in [7, 11) is -4.67. The van der Waals surface area contributed by atoms with E-state index >= 15 is 0 Å². The number of aliphatic hydroxyl groups excluding tert-OH is 1. The van der Waals surface area contributed by atoms with Gasteiger partial charge in [-0.25, -0.2) is 0 Å². The van der Waals surface area contributed by atoms with Crippen molar-refractivity contribution in [2.24, 2.45) is 11.5 Å². The predicted octanol–water partition coefficient (Wildman–Crippen LogP) is -0.784. The molecule has 0 aromatic rings. The minimum absolute atomic E-state index is 0.120. The van der Waals surface area contributed by atoms with Crippen LogP contribution in [0.1, 0.15) is 12.8 Å². The lowest BCUT2D eigenvalue weighted by molar-refractivity contribution is 0.257. The summed E-state index contributed by atoms with van der Waals surface area (Å²) in [6, 6.07) is 0. The second kappa shape index (κ2) is 5.97. The van der Waals surface area contributed by atoms with Crippen molar-refractivity contribution in [3.8, 4) is 0 Å². The summed E-state index contributed by atoms with van der Waals surface area (Å²) in [6.45, 7) is 0.120. The first kappa shape index (κ1) is 15.1. The van der Waals surface area contributed by atoms with Crippen LogP contribution in [0.5, 0.6) is 0 Å². The van der Waals surface area contributed by atoms with Gasteiger partial charge >= 0.3 is 10.4 Å². The lowest BCUT2D eigenvalue weighted by Gasteiger charge is -2.26. The highest BCUT2D eigenvalue weighted by molar-refractivity contribution is 7.79. The molecule has 1 aliphatic carbocycles. The molecule has 1 rings (SSSR count). The van der Waals surface area contributed by atoms with E-state index in [1.54, 1.807) is 6.08 Å². The van der Waals surface area contributed by atoms with Crippen LogP contribution in [-0.4, -0.2) is 34.8 Å². The van der Waals surface area contributed by atoms with Crippen LogP contribution in [0.4, 0.5) is 0 Å². The zero-order chi connectivity index (χ0) is 12.8. The first-order valence-corrected chi connectivity index (χ1v) is 5.80. The Kier molecular flexibility index (Phi) is 5.62. The van der Waals surface area contributed by atoms with Crippen molar-refractivity contribution >= 4 is 10.4 Å². The molecule has 0 saturated heterocycles. The minimum Gasteiger partial charge on any atom is -0.399 e. The quantitative estimate of drug-likeness (QED) is 0.405. The van der Waals surface area contributed by atoms with Crippen molar-refractivity contribution in [3.05, 3.63) is 23.9 Å². The third-order valence-electron chi connectivity index (χ3n) is 1.90. The normalized spacial score (nSPS) is 24.4. The SMILES string of the molecule is NC1=CCC(N)(CCO)C=C1.O=S(=O)(O)O. The lowest BCUT2D eigenvalue weighted by Crippen LogP contribution is -2.39. The maximum Gasteiger partial charge on any atom is 0.394 e. The van der Waals surface area contributed by atoms with Crippen molar-refractivity contribution in [2.45, 2.75) is 18.4 Å². The average molecular weight is 252 g/mol. The van der Waals surface area contributed by atoms with Gasteiger partial charge in [0.1, 0.15) is 0 Å². The summed E-state index contributed by atoms with van der Waals surface area (Å²) in [6.07, 6.45) is 6.84. The van der Waals surface area contributed by atoms with Gasteiger partial charge in [0.05, 0.1) is 0 Å². The Morgan fingerprint density at radius 3 is 2.25 bits per heavy atom. The fraction of sp³-hybridized carbons (Fsp3) is 0.500. The second-order valence-electron chi connectivity index (χ2n) is 3.40. The molecule has 0 amide bonds. The van der Waals surface area contributed by atoms with Crippen molar-refractivity contribution in [1.29, 1.82) is 0 Å². The minimum atomic E-state index is -4.67. The van der Waals surface area contributed by atoms with Crippen LogP contribution in [0.3, 0.4) is 0 Å². The first-order valence-electron chi connectivity index (χ1n) is 4.41. The fourth-order valence-electron chi connectivity index (χ4n) is 1.10. The number of allylic oxidation sites excluding steroid dienone is 1.